The monoisotopic (exact) mass is 275 g/mol. The van der Waals surface area contributed by atoms with Crippen molar-refractivity contribution in [2.75, 3.05) is 12.8 Å². The number of aromatic nitrogens is 2. The van der Waals surface area contributed by atoms with Gasteiger partial charge in [0.15, 0.2) is 5.82 Å². The number of hydrogen-bond donors (Lipinski definition) is 1. The zero-order chi connectivity index (χ0) is 14.9. The van der Waals surface area contributed by atoms with Gasteiger partial charge in [0.2, 0.25) is 0 Å². The van der Waals surface area contributed by atoms with Crippen LogP contribution >= 0.6 is 0 Å². The van der Waals surface area contributed by atoms with E-state index in [1.807, 2.05) is 0 Å². The zero-order valence-corrected chi connectivity index (χ0v) is 11.4. The highest BCUT2D eigenvalue weighted by molar-refractivity contribution is 5.95. The number of halogens is 1. The summed E-state index contributed by atoms with van der Waals surface area (Å²) in [5.74, 6) is -0.516. The predicted molar refractivity (Wildman–Crippen MR) is 72.7 cm³/mol. The maximum Gasteiger partial charge on any atom is 0.343 e. The fourth-order valence-electron chi connectivity index (χ4n) is 1.95. The minimum absolute atomic E-state index is 0.0445. The van der Waals surface area contributed by atoms with E-state index in [2.05, 4.69) is 14.7 Å². The minimum Gasteiger partial charge on any atom is -0.465 e. The Hall–Kier alpha value is -2.50. The first-order chi connectivity index (χ1) is 9.43. The summed E-state index contributed by atoms with van der Waals surface area (Å²) in [4.78, 5) is 19.9. The molecule has 0 saturated carbocycles. The molecule has 0 saturated heterocycles. The average Bonchev–Trinajstić information content (AvgIpc) is 2.37. The molecule has 0 radical (unpaired) electrons. The summed E-state index contributed by atoms with van der Waals surface area (Å²) in [7, 11) is 1.26. The molecule has 1 aromatic carbocycles. The molecular weight excluding hydrogens is 261 g/mol. The summed E-state index contributed by atoms with van der Waals surface area (Å²) in [6.07, 6.45) is 0. The molecule has 0 bridgehead atoms. The number of anilines is 1. The van der Waals surface area contributed by atoms with Gasteiger partial charge in [-0.3, -0.25) is 0 Å². The van der Waals surface area contributed by atoms with Crippen LogP contribution in [-0.2, 0) is 4.74 Å². The second kappa shape index (κ2) is 5.24. The van der Waals surface area contributed by atoms with Crippen LogP contribution in [0.5, 0.6) is 0 Å². The molecule has 1 aromatic heterocycles. The van der Waals surface area contributed by atoms with E-state index in [1.54, 1.807) is 19.9 Å². The van der Waals surface area contributed by atoms with Crippen LogP contribution in [0.3, 0.4) is 0 Å². The highest BCUT2D eigenvalue weighted by atomic mass is 19.1. The van der Waals surface area contributed by atoms with Crippen molar-refractivity contribution < 1.29 is 13.9 Å². The van der Waals surface area contributed by atoms with Crippen molar-refractivity contribution in [1.82, 2.24) is 9.97 Å². The van der Waals surface area contributed by atoms with Gasteiger partial charge in [-0.05, 0) is 37.6 Å². The number of methoxy groups -OCH3 is 1. The highest BCUT2D eigenvalue weighted by Crippen LogP contribution is 2.24. The van der Waals surface area contributed by atoms with E-state index in [4.69, 9.17) is 5.73 Å². The number of nitrogens with zero attached hydrogens (tertiary/aromatic N) is 2. The number of ether oxygens (including phenoxy) is 1. The van der Waals surface area contributed by atoms with E-state index in [0.717, 1.165) is 0 Å². The number of aryl methyl sites for hydroxylation is 2. The third-order valence-corrected chi connectivity index (χ3v) is 2.94. The molecule has 0 fully saturated rings. The largest absolute Gasteiger partial charge is 0.465 e. The molecule has 1 heterocycles. The number of hydrogen-bond acceptors (Lipinski definition) is 5. The lowest BCUT2D eigenvalue weighted by Crippen LogP contribution is -2.12. The number of carbonyl (C=O) groups is 1. The van der Waals surface area contributed by atoms with Crippen molar-refractivity contribution >= 4 is 11.8 Å². The molecule has 0 atom stereocenters. The number of esters is 1. The van der Waals surface area contributed by atoms with Crippen LogP contribution in [0.25, 0.3) is 11.4 Å². The molecule has 2 rings (SSSR count). The molecule has 2 N–H and O–H groups in total. The van der Waals surface area contributed by atoms with E-state index in [1.165, 1.54) is 19.2 Å². The van der Waals surface area contributed by atoms with Gasteiger partial charge in [0, 0.05) is 5.56 Å². The normalized spacial score (nSPS) is 10.4. The van der Waals surface area contributed by atoms with Gasteiger partial charge >= 0.3 is 5.97 Å². The first kappa shape index (κ1) is 13.9. The summed E-state index contributed by atoms with van der Waals surface area (Å²) in [6, 6.07) is 4.29. The third kappa shape index (κ3) is 2.45. The van der Waals surface area contributed by atoms with Crippen LogP contribution in [0.1, 0.15) is 21.6 Å². The summed E-state index contributed by atoms with van der Waals surface area (Å²) in [5.41, 5.74) is 7.71. The Morgan fingerprint density at radius 3 is 2.55 bits per heavy atom. The van der Waals surface area contributed by atoms with Crippen molar-refractivity contribution in [3.8, 4) is 11.4 Å². The van der Waals surface area contributed by atoms with E-state index in [-0.39, 0.29) is 17.2 Å². The fourth-order valence-corrected chi connectivity index (χ4v) is 1.95. The summed E-state index contributed by atoms with van der Waals surface area (Å²) >= 11 is 0. The molecule has 2 aromatic rings. The van der Waals surface area contributed by atoms with Gasteiger partial charge < -0.3 is 10.5 Å². The topological polar surface area (TPSA) is 78.1 Å². The number of rotatable bonds is 2. The second-order valence-corrected chi connectivity index (χ2v) is 4.34. The van der Waals surface area contributed by atoms with Crippen LogP contribution in [-0.4, -0.2) is 23.0 Å². The van der Waals surface area contributed by atoms with Gasteiger partial charge in [-0.25, -0.2) is 19.2 Å². The molecule has 0 aliphatic carbocycles. The lowest BCUT2D eigenvalue weighted by atomic mass is 10.1. The lowest BCUT2D eigenvalue weighted by Gasteiger charge is -2.10. The van der Waals surface area contributed by atoms with Crippen molar-refractivity contribution in [2.24, 2.45) is 0 Å². The van der Waals surface area contributed by atoms with Gasteiger partial charge in [-0.15, -0.1) is 0 Å². The number of carbonyl (C=O) groups excluding carboxylic acids is 1. The SMILES string of the molecule is COC(=O)c1c(C)nc(-c2ccc(F)cc2C)nc1N. The number of benzene rings is 1. The first-order valence-corrected chi connectivity index (χ1v) is 5.93. The van der Waals surface area contributed by atoms with Crippen LogP contribution in [0.4, 0.5) is 10.2 Å². The molecule has 0 aliphatic rings. The van der Waals surface area contributed by atoms with Crippen LogP contribution < -0.4 is 5.73 Å². The number of nitrogen functional groups attached to an aromatic ring is 1. The average molecular weight is 275 g/mol. The minimum atomic E-state index is -0.581. The number of nitrogens with two attached hydrogens (primary N) is 1. The lowest BCUT2D eigenvalue weighted by molar-refractivity contribution is 0.0600. The predicted octanol–water partition coefficient (Wildman–Crippen LogP) is 2.27. The maximum absolute atomic E-state index is 13.1. The van der Waals surface area contributed by atoms with Crippen molar-refractivity contribution in [3.05, 3.63) is 40.8 Å². The quantitative estimate of drug-likeness (QED) is 0.850. The van der Waals surface area contributed by atoms with E-state index in [0.29, 0.717) is 22.6 Å². The molecule has 0 amide bonds. The zero-order valence-electron chi connectivity index (χ0n) is 11.4. The molecule has 0 unspecified atom stereocenters. The summed E-state index contributed by atoms with van der Waals surface area (Å²) in [5, 5.41) is 0. The maximum atomic E-state index is 13.1. The Kier molecular flexibility index (Phi) is 3.65. The molecular formula is C14H14FN3O2. The first-order valence-electron chi connectivity index (χ1n) is 5.93. The van der Waals surface area contributed by atoms with Crippen molar-refractivity contribution in [1.29, 1.82) is 0 Å². The Morgan fingerprint density at radius 2 is 2.00 bits per heavy atom. The van der Waals surface area contributed by atoms with Crippen molar-refractivity contribution in [2.45, 2.75) is 13.8 Å². The highest BCUT2D eigenvalue weighted by Gasteiger charge is 2.18. The Balaban J connectivity index is 2.58. The molecule has 20 heavy (non-hydrogen) atoms. The van der Waals surface area contributed by atoms with Gasteiger partial charge in [0.25, 0.3) is 0 Å². The van der Waals surface area contributed by atoms with Gasteiger partial charge in [-0.2, -0.15) is 0 Å². The Morgan fingerprint density at radius 1 is 1.30 bits per heavy atom. The third-order valence-electron chi connectivity index (χ3n) is 2.94. The van der Waals surface area contributed by atoms with E-state index in [9.17, 15) is 9.18 Å². The molecule has 5 nitrogen and oxygen atoms in total. The molecule has 0 aliphatic heterocycles. The van der Waals surface area contributed by atoms with Crippen molar-refractivity contribution in [3.63, 3.8) is 0 Å². The van der Waals surface area contributed by atoms with E-state index >= 15 is 0 Å². The Bertz CT molecular complexity index is 663. The molecule has 0 spiro atoms. The summed E-state index contributed by atoms with van der Waals surface area (Å²) in [6.45, 7) is 3.40. The standard InChI is InChI=1S/C14H14FN3O2/c1-7-6-9(15)4-5-10(7)13-17-8(2)11(12(16)18-13)14(19)20-3/h4-6H,1-3H3,(H2,16,17,18). The second-order valence-electron chi connectivity index (χ2n) is 4.34. The Labute approximate surface area is 115 Å². The summed E-state index contributed by atoms with van der Waals surface area (Å²) < 4.78 is 17.7. The van der Waals surface area contributed by atoms with Gasteiger partial charge in [0.05, 0.1) is 12.8 Å². The molecule has 104 valence electrons. The molecule has 6 heteroatoms. The van der Waals surface area contributed by atoms with Crippen LogP contribution in [0.2, 0.25) is 0 Å². The van der Waals surface area contributed by atoms with Gasteiger partial charge in [0.1, 0.15) is 17.2 Å². The van der Waals surface area contributed by atoms with Gasteiger partial charge in [-0.1, -0.05) is 0 Å². The van der Waals surface area contributed by atoms with E-state index < -0.39 is 5.97 Å². The fraction of sp³-hybridized carbons (Fsp3) is 0.214. The van der Waals surface area contributed by atoms with Crippen LogP contribution in [0.15, 0.2) is 18.2 Å². The van der Waals surface area contributed by atoms with Crippen LogP contribution in [0, 0.1) is 19.7 Å². The smallest absolute Gasteiger partial charge is 0.343 e.